The van der Waals surface area contributed by atoms with Crippen molar-refractivity contribution in [1.82, 2.24) is 4.90 Å². The molecule has 0 aromatic rings. The third kappa shape index (κ3) is 3.27. The molecule has 82 valence electrons. The van der Waals surface area contributed by atoms with Crippen molar-refractivity contribution in [2.75, 3.05) is 13.3 Å². The van der Waals surface area contributed by atoms with E-state index in [0.717, 1.165) is 19.4 Å². The van der Waals surface area contributed by atoms with Gasteiger partial charge < -0.3 is 9.84 Å². The van der Waals surface area contributed by atoms with Crippen LogP contribution in [0.3, 0.4) is 0 Å². The van der Waals surface area contributed by atoms with Gasteiger partial charge in [0.2, 0.25) is 0 Å². The van der Waals surface area contributed by atoms with Gasteiger partial charge in [0.1, 0.15) is 12.8 Å². The number of nitrogens with zero attached hydrogens (tertiary/aromatic N) is 1. The van der Waals surface area contributed by atoms with E-state index in [1.54, 1.807) is 0 Å². The first-order valence-corrected chi connectivity index (χ1v) is 5.01. The first-order valence-electron chi connectivity index (χ1n) is 5.01. The van der Waals surface area contributed by atoms with E-state index < -0.39 is 5.97 Å². The minimum absolute atomic E-state index is 0.203. The number of likely N-dealkylation sites (tertiary alicyclic amines) is 1. The minimum atomic E-state index is -0.736. The molecule has 1 saturated heterocycles. The summed E-state index contributed by atoms with van der Waals surface area (Å²) in [6.45, 7) is 7.16. The first-order chi connectivity index (χ1) is 6.40. The quantitative estimate of drug-likeness (QED) is 0.748. The van der Waals surface area contributed by atoms with Gasteiger partial charge in [0, 0.05) is 6.54 Å². The third-order valence-corrected chi connectivity index (χ3v) is 2.31. The van der Waals surface area contributed by atoms with Gasteiger partial charge in [-0.05, 0) is 33.6 Å². The van der Waals surface area contributed by atoms with Crippen LogP contribution in [0.2, 0.25) is 0 Å². The molecule has 1 heterocycles. The Balaban J connectivity index is 2.40. The van der Waals surface area contributed by atoms with Crippen LogP contribution >= 0.6 is 0 Å². The molecule has 14 heavy (non-hydrogen) atoms. The van der Waals surface area contributed by atoms with Crippen molar-refractivity contribution >= 4 is 5.97 Å². The molecule has 1 aliphatic heterocycles. The fraction of sp³-hybridized carbons (Fsp3) is 0.900. The van der Waals surface area contributed by atoms with Gasteiger partial charge >= 0.3 is 5.97 Å². The van der Waals surface area contributed by atoms with Crippen molar-refractivity contribution in [3.63, 3.8) is 0 Å². The summed E-state index contributed by atoms with van der Waals surface area (Å²) in [7, 11) is 0. The molecule has 0 amide bonds. The molecule has 1 atom stereocenters. The number of hydrogen-bond acceptors (Lipinski definition) is 3. The predicted octanol–water partition coefficient (Wildman–Crippen LogP) is 1.31. The highest BCUT2D eigenvalue weighted by Crippen LogP contribution is 2.18. The maximum absolute atomic E-state index is 10.8. The number of rotatable bonds is 3. The third-order valence-electron chi connectivity index (χ3n) is 2.31. The molecule has 0 spiro atoms. The van der Waals surface area contributed by atoms with E-state index in [4.69, 9.17) is 9.84 Å². The highest BCUT2D eigenvalue weighted by atomic mass is 16.5. The van der Waals surface area contributed by atoms with Crippen LogP contribution in [-0.2, 0) is 9.53 Å². The fourth-order valence-corrected chi connectivity index (χ4v) is 1.54. The van der Waals surface area contributed by atoms with E-state index >= 15 is 0 Å². The molecular formula is C10H19NO3. The van der Waals surface area contributed by atoms with Gasteiger partial charge in [-0.15, -0.1) is 0 Å². The second-order valence-corrected chi connectivity index (χ2v) is 4.69. The van der Waals surface area contributed by atoms with E-state index in [1.165, 1.54) is 0 Å². The molecule has 0 aliphatic carbocycles. The SMILES string of the molecule is CC(C)(C)OCN1CCCC1C(=O)O. The van der Waals surface area contributed by atoms with Gasteiger partial charge in [-0.2, -0.15) is 0 Å². The molecule has 4 nitrogen and oxygen atoms in total. The number of carboxylic acid groups (broad SMARTS) is 1. The van der Waals surface area contributed by atoms with Crippen molar-refractivity contribution in [1.29, 1.82) is 0 Å². The van der Waals surface area contributed by atoms with Crippen LogP contribution in [0.15, 0.2) is 0 Å². The largest absolute Gasteiger partial charge is 0.480 e. The van der Waals surface area contributed by atoms with Crippen molar-refractivity contribution in [3.8, 4) is 0 Å². The highest BCUT2D eigenvalue weighted by Gasteiger charge is 2.31. The topological polar surface area (TPSA) is 49.8 Å². The van der Waals surface area contributed by atoms with Crippen molar-refractivity contribution in [2.24, 2.45) is 0 Å². The van der Waals surface area contributed by atoms with Crippen LogP contribution in [-0.4, -0.2) is 40.9 Å². The Morgan fingerprint density at radius 1 is 1.57 bits per heavy atom. The van der Waals surface area contributed by atoms with Gasteiger partial charge in [-0.3, -0.25) is 9.69 Å². The lowest BCUT2D eigenvalue weighted by atomic mass is 10.2. The summed E-state index contributed by atoms with van der Waals surface area (Å²) in [4.78, 5) is 12.7. The Bertz CT molecular complexity index is 210. The Hall–Kier alpha value is -0.610. The summed E-state index contributed by atoms with van der Waals surface area (Å²) in [5.41, 5.74) is -0.203. The molecule has 1 unspecified atom stereocenters. The van der Waals surface area contributed by atoms with Gasteiger partial charge in [0.15, 0.2) is 0 Å². The molecule has 0 radical (unpaired) electrons. The smallest absolute Gasteiger partial charge is 0.320 e. The number of carbonyl (C=O) groups is 1. The van der Waals surface area contributed by atoms with Crippen LogP contribution in [0.4, 0.5) is 0 Å². The lowest BCUT2D eigenvalue weighted by Crippen LogP contribution is -2.39. The second kappa shape index (κ2) is 4.28. The number of carboxylic acids is 1. The zero-order chi connectivity index (χ0) is 10.8. The van der Waals surface area contributed by atoms with E-state index in [1.807, 2.05) is 25.7 Å². The van der Waals surface area contributed by atoms with Crippen LogP contribution in [0.5, 0.6) is 0 Å². The van der Waals surface area contributed by atoms with Crippen LogP contribution in [0.25, 0.3) is 0 Å². The van der Waals surface area contributed by atoms with Gasteiger partial charge in [0.25, 0.3) is 0 Å². The Morgan fingerprint density at radius 2 is 2.21 bits per heavy atom. The minimum Gasteiger partial charge on any atom is -0.480 e. The predicted molar refractivity (Wildman–Crippen MR) is 53.1 cm³/mol. The molecule has 1 N–H and O–H groups in total. The highest BCUT2D eigenvalue weighted by molar-refractivity contribution is 5.73. The average Bonchev–Trinajstić information content (AvgIpc) is 2.46. The van der Waals surface area contributed by atoms with Crippen LogP contribution < -0.4 is 0 Å². The number of hydrogen-bond donors (Lipinski definition) is 1. The van der Waals surface area contributed by atoms with Crippen molar-refractivity contribution < 1.29 is 14.6 Å². The summed E-state index contributed by atoms with van der Waals surface area (Å²) < 4.78 is 5.56. The Morgan fingerprint density at radius 3 is 2.71 bits per heavy atom. The lowest BCUT2D eigenvalue weighted by molar-refractivity contribution is -0.146. The van der Waals surface area contributed by atoms with Gasteiger partial charge in [-0.1, -0.05) is 0 Å². The monoisotopic (exact) mass is 201 g/mol. The summed E-state index contributed by atoms with van der Waals surface area (Å²) in [6.07, 6.45) is 1.69. The van der Waals surface area contributed by atoms with Gasteiger partial charge in [0.05, 0.1) is 5.60 Å². The first kappa shape index (κ1) is 11.5. The number of aliphatic carboxylic acids is 1. The van der Waals surface area contributed by atoms with Crippen molar-refractivity contribution in [2.45, 2.75) is 45.3 Å². The van der Waals surface area contributed by atoms with Crippen LogP contribution in [0.1, 0.15) is 33.6 Å². The Kier molecular flexibility index (Phi) is 3.50. The molecule has 1 aliphatic rings. The van der Waals surface area contributed by atoms with Crippen LogP contribution in [0, 0.1) is 0 Å². The summed E-state index contributed by atoms with van der Waals surface area (Å²) in [5.74, 6) is -0.736. The van der Waals surface area contributed by atoms with E-state index in [2.05, 4.69) is 0 Å². The van der Waals surface area contributed by atoms with E-state index in [0.29, 0.717) is 6.73 Å². The number of ether oxygens (including phenoxy) is 1. The summed E-state index contributed by atoms with van der Waals surface area (Å²) >= 11 is 0. The zero-order valence-corrected chi connectivity index (χ0v) is 9.12. The molecule has 4 heteroatoms. The molecule has 1 fully saturated rings. The fourth-order valence-electron chi connectivity index (χ4n) is 1.54. The lowest BCUT2D eigenvalue weighted by Gasteiger charge is -2.26. The molecular weight excluding hydrogens is 182 g/mol. The Labute approximate surface area is 84.8 Å². The van der Waals surface area contributed by atoms with E-state index in [9.17, 15) is 4.79 Å². The maximum atomic E-state index is 10.8. The van der Waals surface area contributed by atoms with Crippen molar-refractivity contribution in [3.05, 3.63) is 0 Å². The van der Waals surface area contributed by atoms with E-state index in [-0.39, 0.29) is 11.6 Å². The zero-order valence-electron chi connectivity index (χ0n) is 9.12. The molecule has 0 aromatic carbocycles. The second-order valence-electron chi connectivity index (χ2n) is 4.69. The standard InChI is InChI=1S/C10H19NO3/c1-10(2,3)14-7-11-6-4-5-8(11)9(12)13/h8H,4-7H2,1-3H3,(H,12,13). The average molecular weight is 201 g/mol. The normalized spacial score (nSPS) is 24.1. The molecule has 0 saturated carbocycles. The maximum Gasteiger partial charge on any atom is 0.320 e. The molecule has 1 rings (SSSR count). The summed E-state index contributed by atoms with van der Waals surface area (Å²) in [6, 6.07) is -0.350. The van der Waals surface area contributed by atoms with Gasteiger partial charge in [-0.25, -0.2) is 0 Å². The summed E-state index contributed by atoms with van der Waals surface area (Å²) in [5, 5.41) is 8.92. The molecule has 0 aromatic heterocycles. The molecule has 0 bridgehead atoms.